The maximum Gasteiger partial charge on any atom is 0.268 e. The second-order valence-corrected chi connectivity index (χ2v) is 10.3. The number of rotatable bonds is 5. The summed E-state index contributed by atoms with van der Waals surface area (Å²) in [5.41, 5.74) is 0.288. The lowest BCUT2D eigenvalue weighted by molar-refractivity contribution is -0.133. The van der Waals surface area contributed by atoms with E-state index in [-0.39, 0.29) is 53.8 Å². The fraction of sp³-hybridized carbons (Fsp3) is 0.588. The SMILES string of the molecule is CC(C)C(NC(=O)C1=NN(C2CCS(=O)(=O)C2)C(=O)CC1)c1cccs1. The summed E-state index contributed by atoms with van der Waals surface area (Å²) in [6, 6.07) is 3.34. The first-order chi connectivity index (χ1) is 12.3. The Balaban J connectivity index is 1.76. The number of thiophene rings is 1. The van der Waals surface area contributed by atoms with E-state index in [4.69, 9.17) is 0 Å². The highest BCUT2D eigenvalue weighted by molar-refractivity contribution is 7.91. The van der Waals surface area contributed by atoms with Crippen LogP contribution in [0.4, 0.5) is 0 Å². The topological polar surface area (TPSA) is 95.9 Å². The molecule has 2 amide bonds. The molecule has 0 aromatic carbocycles. The largest absolute Gasteiger partial charge is 0.343 e. The Morgan fingerprint density at radius 1 is 1.38 bits per heavy atom. The predicted octanol–water partition coefficient (Wildman–Crippen LogP) is 1.73. The number of amides is 2. The Morgan fingerprint density at radius 3 is 2.73 bits per heavy atom. The smallest absolute Gasteiger partial charge is 0.268 e. The lowest BCUT2D eigenvalue weighted by atomic mass is 10.0. The summed E-state index contributed by atoms with van der Waals surface area (Å²) in [7, 11) is -3.13. The van der Waals surface area contributed by atoms with E-state index in [1.165, 1.54) is 5.01 Å². The van der Waals surface area contributed by atoms with E-state index in [1.807, 2.05) is 31.4 Å². The van der Waals surface area contributed by atoms with Gasteiger partial charge in [-0.2, -0.15) is 5.10 Å². The molecule has 0 aliphatic carbocycles. The minimum Gasteiger partial charge on any atom is -0.343 e. The first-order valence-corrected chi connectivity index (χ1v) is 11.4. The van der Waals surface area contributed by atoms with Crippen LogP contribution >= 0.6 is 11.3 Å². The zero-order valence-corrected chi connectivity index (χ0v) is 16.5. The van der Waals surface area contributed by atoms with E-state index in [2.05, 4.69) is 10.4 Å². The molecule has 1 fully saturated rings. The molecule has 1 aromatic heterocycles. The van der Waals surface area contributed by atoms with Crippen molar-refractivity contribution in [2.75, 3.05) is 11.5 Å². The van der Waals surface area contributed by atoms with Crippen molar-refractivity contribution in [3.8, 4) is 0 Å². The molecule has 9 heteroatoms. The second-order valence-electron chi connectivity index (χ2n) is 7.05. The molecule has 3 rings (SSSR count). The van der Waals surface area contributed by atoms with Crippen LogP contribution < -0.4 is 5.32 Å². The number of hydrogen-bond acceptors (Lipinski definition) is 6. The monoisotopic (exact) mass is 397 g/mol. The van der Waals surface area contributed by atoms with Crippen LogP contribution in [0.25, 0.3) is 0 Å². The maximum absolute atomic E-state index is 12.7. The van der Waals surface area contributed by atoms with Crippen molar-refractivity contribution in [3.63, 3.8) is 0 Å². The highest BCUT2D eigenvalue weighted by Crippen LogP contribution is 2.26. The lowest BCUT2D eigenvalue weighted by Crippen LogP contribution is -2.44. The fourth-order valence-electron chi connectivity index (χ4n) is 3.25. The van der Waals surface area contributed by atoms with Crippen molar-refractivity contribution < 1.29 is 18.0 Å². The van der Waals surface area contributed by atoms with Crippen LogP contribution in [0.2, 0.25) is 0 Å². The maximum atomic E-state index is 12.7. The molecule has 2 aliphatic rings. The van der Waals surface area contributed by atoms with Crippen molar-refractivity contribution in [1.82, 2.24) is 10.3 Å². The molecule has 7 nitrogen and oxygen atoms in total. The van der Waals surface area contributed by atoms with Crippen LogP contribution in [0, 0.1) is 5.92 Å². The number of hydrogen-bond donors (Lipinski definition) is 1. The Hall–Kier alpha value is -1.74. The summed E-state index contributed by atoms with van der Waals surface area (Å²) in [6.45, 7) is 4.07. The Kier molecular flexibility index (Phi) is 5.47. The third-order valence-corrected chi connectivity index (χ3v) is 7.38. The summed E-state index contributed by atoms with van der Waals surface area (Å²) < 4.78 is 23.4. The minimum atomic E-state index is -3.13. The molecule has 0 bridgehead atoms. The van der Waals surface area contributed by atoms with Gasteiger partial charge in [-0.3, -0.25) is 9.59 Å². The number of hydrazone groups is 1. The van der Waals surface area contributed by atoms with Gasteiger partial charge in [0.2, 0.25) is 5.91 Å². The fourth-order valence-corrected chi connectivity index (χ4v) is 5.89. The molecule has 0 radical (unpaired) electrons. The predicted molar refractivity (Wildman–Crippen MR) is 101 cm³/mol. The normalized spacial score (nSPS) is 23.8. The highest BCUT2D eigenvalue weighted by atomic mass is 32.2. The molecule has 26 heavy (non-hydrogen) atoms. The van der Waals surface area contributed by atoms with E-state index in [0.717, 1.165) is 4.88 Å². The van der Waals surface area contributed by atoms with Crippen molar-refractivity contribution >= 4 is 38.7 Å². The quantitative estimate of drug-likeness (QED) is 0.818. The number of carbonyl (C=O) groups is 2. The summed E-state index contributed by atoms with van der Waals surface area (Å²) >= 11 is 1.58. The lowest BCUT2D eigenvalue weighted by Gasteiger charge is -2.28. The number of sulfone groups is 1. The van der Waals surface area contributed by atoms with Crippen molar-refractivity contribution in [1.29, 1.82) is 0 Å². The van der Waals surface area contributed by atoms with Gasteiger partial charge < -0.3 is 5.32 Å². The van der Waals surface area contributed by atoms with E-state index in [0.29, 0.717) is 6.42 Å². The number of nitrogens with one attached hydrogen (secondary N) is 1. The standard InChI is InChI=1S/C17H23N3O4S2/c1-11(2)16(14-4-3-8-25-14)18-17(22)13-5-6-15(21)20(19-13)12-7-9-26(23,24)10-12/h3-4,8,11-12,16H,5-7,9-10H2,1-2H3,(H,18,22). The molecular weight excluding hydrogens is 374 g/mol. The van der Waals surface area contributed by atoms with Crippen LogP contribution in [0.15, 0.2) is 22.6 Å². The Bertz CT molecular complexity index is 815. The average Bonchev–Trinajstić information content (AvgIpc) is 3.22. The molecule has 2 unspecified atom stereocenters. The van der Waals surface area contributed by atoms with Gasteiger partial charge in [-0.25, -0.2) is 13.4 Å². The third kappa shape index (κ3) is 4.15. The molecule has 1 aromatic rings. The number of carbonyl (C=O) groups excluding carboxylic acids is 2. The van der Waals surface area contributed by atoms with Gasteiger partial charge in [0.15, 0.2) is 9.84 Å². The van der Waals surface area contributed by atoms with E-state index in [1.54, 1.807) is 11.3 Å². The zero-order chi connectivity index (χ0) is 18.9. The zero-order valence-electron chi connectivity index (χ0n) is 14.8. The molecule has 2 aliphatic heterocycles. The van der Waals surface area contributed by atoms with Crippen molar-refractivity contribution in [2.24, 2.45) is 11.0 Å². The Morgan fingerprint density at radius 2 is 2.15 bits per heavy atom. The molecule has 142 valence electrons. The van der Waals surface area contributed by atoms with Crippen LogP contribution in [0.3, 0.4) is 0 Å². The highest BCUT2D eigenvalue weighted by Gasteiger charge is 2.37. The van der Waals surface area contributed by atoms with Gasteiger partial charge in [0.05, 0.1) is 23.6 Å². The van der Waals surface area contributed by atoms with Crippen molar-refractivity contribution in [3.05, 3.63) is 22.4 Å². The van der Waals surface area contributed by atoms with E-state index < -0.39 is 15.9 Å². The van der Waals surface area contributed by atoms with Gasteiger partial charge in [-0.15, -0.1) is 11.3 Å². The van der Waals surface area contributed by atoms with Crippen LogP contribution in [-0.2, 0) is 19.4 Å². The summed E-state index contributed by atoms with van der Waals surface area (Å²) in [5.74, 6) is -0.329. The first kappa shape index (κ1) is 19.0. The average molecular weight is 398 g/mol. The number of nitrogens with zero attached hydrogens (tertiary/aromatic N) is 2. The van der Waals surface area contributed by atoms with Gasteiger partial charge >= 0.3 is 0 Å². The summed E-state index contributed by atoms with van der Waals surface area (Å²) in [5, 5.41) is 10.4. The second kappa shape index (κ2) is 7.48. The third-order valence-electron chi connectivity index (χ3n) is 4.68. The molecular formula is C17H23N3O4S2. The van der Waals surface area contributed by atoms with Gasteiger partial charge in [-0.1, -0.05) is 19.9 Å². The van der Waals surface area contributed by atoms with Gasteiger partial charge in [0, 0.05) is 17.7 Å². The Labute approximate surface area is 157 Å². The minimum absolute atomic E-state index is 0.0618. The van der Waals surface area contributed by atoms with Gasteiger partial charge in [-0.05, 0) is 23.8 Å². The summed E-state index contributed by atoms with van der Waals surface area (Å²) in [4.78, 5) is 25.9. The molecule has 0 spiro atoms. The molecule has 0 saturated carbocycles. The van der Waals surface area contributed by atoms with Crippen molar-refractivity contribution in [2.45, 2.75) is 45.2 Å². The summed E-state index contributed by atoms with van der Waals surface area (Å²) in [6.07, 6.45) is 0.820. The van der Waals surface area contributed by atoms with E-state index >= 15 is 0 Å². The van der Waals surface area contributed by atoms with Crippen LogP contribution in [0.1, 0.15) is 44.0 Å². The van der Waals surface area contributed by atoms with Crippen LogP contribution in [0.5, 0.6) is 0 Å². The van der Waals surface area contributed by atoms with Crippen LogP contribution in [-0.4, -0.2) is 48.5 Å². The molecule has 1 N–H and O–H groups in total. The first-order valence-electron chi connectivity index (χ1n) is 8.71. The molecule has 2 atom stereocenters. The van der Waals surface area contributed by atoms with E-state index in [9.17, 15) is 18.0 Å². The van der Waals surface area contributed by atoms with Gasteiger partial charge in [0.1, 0.15) is 5.71 Å². The molecule has 3 heterocycles. The van der Waals surface area contributed by atoms with Gasteiger partial charge in [0.25, 0.3) is 5.91 Å². The molecule has 1 saturated heterocycles.